The van der Waals surface area contributed by atoms with Crippen LogP contribution < -0.4 is 5.69 Å². The van der Waals surface area contributed by atoms with Crippen molar-refractivity contribution in [3.63, 3.8) is 0 Å². The van der Waals surface area contributed by atoms with Gasteiger partial charge in [0.05, 0.1) is 6.42 Å². The number of carboxylic acid groups (broad SMARTS) is 2. The van der Waals surface area contributed by atoms with Gasteiger partial charge in [0.15, 0.2) is 0 Å². The summed E-state index contributed by atoms with van der Waals surface area (Å²) in [6.07, 6.45) is 0.277. The van der Waals surface area contributed by atoms with Crippen molar-refractivity contribution in [2.75, 3.05) is 0 Å². The van der Waals surface area contributed by atoms with Gasteiger partial charge in [-0.3, -0.25) is 9.36 Å². The fraction of sp³-hybridized carbons (Fsp3) is 0.333. The third-order valence-electron chi connectivity index (χ3n) is 1.57. The van der Waals surface area contributed by atoms with Crippen molar-refractivity contribution in [3.8, 4) is 0 Å². The van der Waals surface area contributed by atoms with Gasteiger partial charge in [-0.05, 0) is 0 Å². The molecule has 1 heterocycles. The van der Waals surface area contributed by atoms with E-state index in [-0.39, 0.29) is 0 Å². The lowest BCUT2D eigenvalue weighted by molar-refractivity contribution is -0.147. The molecule has 8 heteroatoms. The zero-order valence-electron chi connectivity index (χ0n) is 6.88. The monoisotopic (exact) mass is 201 g/mol. The Balaban J connectivity index is 3.00. The highest BCUT2D eigenvalue weighted by atomic mass is 16.4. The first-order chi connectivity index (χ1) is 6.52. The summed E-state index contributed by atoms with van der Waals surface area (Å²) in [5.74, 6) is -2.69. The van der Waals surface area contributed by atoms with Crippen LogP contribution in [0.15, 0.2) is 11.1 Å². The number of carboxylic acids is 2. The zero-order chi connectivity index (χ0) is 10.7. The van der Waals surface area contributed by atoms with Crippen LogP contribution in [-0.4, -0.2) is 36.9 Å². The number of carbonyl (C=O) groups is 2. The molecule has 8 nitrogen and oxygen atoms in total. The Bertz CT molecular complexity index is 406. The SMILES string of the molecule is O=C(O)CC(C(=O)O)n1cn[nH]c1=O. The van der Waals surface area contributed by atoms with E-state index in [4.69, 9.17) is 10.2 Å². The Labute approximate surface area is 76.8 Å². The number of aliphatic carboxylic acids is 2. The molecule has 0 bridgehead atoms. The van der Waals surface area contributed by atoms with Gasteiger partial charge in [0.25, 0.3) is 0 Å². The van der Waals surface area contributed by atoms with Crippen LogP contribution in [0.25, 0.3) is 0 Å². The van der Waals surface area contributed by atoms with E-state index >= 15 is 0 Å². The molecule has 0 saturated carbocycles. The average molecular weight is 201 g/mol. The Kier molecular flexibility index (Phi) is 2.65. The van der Waals surface area contributed by atoms with Gasteiger partial charge in [-0.2, -0.15) is 5.10 Å². The topological polar surface area (TPSA) is 125 Å². The van der Waals surface area contributed by atoms with Crippen molar-refractivity contribution in [3.05, 3.63) is 16.8 Å². The first kappa shape index (κ1) is 9.96. The maximum absolute atomic E-state index is 10.9. The summed E-state index contributed by atoms with van der Waals surface area (Å²) in [5, 5.41) is 22.3. The molecule has 0 aliphatic rings. The molecule has 0 aliphatic heterocycles. The minimum atomic E-state index is -1.43. The lowest BCUT2D eigenvalue weighted by atomic mass is 10.2. The normalized spacial score (nSPS) is 12.3. The quantitative estimate of drug-likeness (QED) is 0.554. The van der Waals surface area contributed by atoms with Gasteiger partial charge in [0.2, 0.25) is 0 Å². The van der Waals surface area contributed by atoms with E-state index in [0.29, 0.717) is 0 Å². The number of rotatable bonds is 4. The maximum atomic E-state index is 10.9. The van der Waals surface area contributed by atoms with E-state index in [1.54, 1.807) is 0 Å². The summed E-state index contributed by atoms with van der Waals surface area (Å²) < 4.78 is 0.719. The summed E-state index contributed by atoms with van der Waals surface area (Å²) in [6.45, 7) is 0. The summed E-state index contributed by atoms with van der Waals surface area (Å²) in [7, 11) is 0. The van der Waals surface area contributed by atoms with E-state index in [2.05, 4.69) is 5.10 Å². The molecule has 1 unspecified atom stereocenters. The second-order valence-electron chi connectivity index (χ2n) is 2.52. The number of aromatic amines is 1. The van der Waals surface area contributed by atoms with Crippen LogP contribution in [0.3, 0.4) is 0 Å². The van der Waals surface area contributed by atoms with Crippen molar-refractivity contribution in [1.82, 2.24) is 14.8 Å². The fourth-order valence-corrected chi connectivity index (χ4v) is 0.949. The molecule has 14 heavy (non-hydrogen) atoms. The number of aromatic nitrogens is 3. The molecule has 1 rings (SSSR count). The van der Waals surface area contributed by atoms with Gasteiger partial charge in [0, 0.05) is 0 Å². The molecule has 0 spiro atoms. The minimum Gasteiger partial charge on any atom is -0.481 e. The number of hydrogen-bond donors (Lipinski definition) is 3. The summed E-state index contributed by atoms with van der Waals surface area (Å²) in [6, 6.07) is -1.43. The van der Waals surface area contributed by atoms with E-state index in [0.717, 1.165) is 10.9 Å². The maximum Gasteiger partial charge on any atom is 0.343 e. The van der Waals surface area contributed by atoms with Gasteiger partial charge in [-0.1, -0.05) is 0 Å². The van der Waals surface area contributed by atoms with Crippen molar-refractivity contribution < 1.29 is 19.8 Å². The molecule has 1 atom stereocenters. The predicted octanol–water partition coefficient (Wildman–Crippen LogP) is -1.33. The third-order valence-corrected chi connectivity index (χ3v) is 1.57. The molecule has 0 amide bonds. The van der Waals surface area contributed by atoms with Gasteiger partial charge in [-0.25, -0.2) is 14.7 Å². The highest BCUT2D eigenvalue weighted by Gasteiger charge is 2.24. The number of hydrogen-bond acceptors (Lipinski definition) is 4. The Morgan fingerprint density at radius 2 is 2.21 bits per heavy atom. The van der Waals surface area contributed by atoms with E-state index in [9.17, 15) is 14.4 Å². The average Bonchev–Trinajstić information content (AvgIpc) is 2.46. The largest absolute Gasteiger partial charge is 0.481 e. The molecule has 0 aliphatic carbocycles. The zero-order valence-corrected chi connectivity index (χ0v) is 6.88. The Morgan fingerprint density at radius 1 is 1.57 bits per heavy atom. The number of H-pyrrole nitrogens is 1. The van der Waals surface area contributed by atoms with Crippen LogP contribution in [0, 0.1) is 0 Å². The van der Waals surface area contributed by atoms with Gasteiger partial charge < -0.3 is 10.2 Å². The van der Waals surface area contributed by atoms with Crippen LogP contribution in [-0.2, 0) is 9.59 Å². The van der Waals surface area contributed by atoms with E-state index in [1.807, 2.05) is 5.10 Å². The molecular weight excluding hydrogens is 194 g/mol. The summed E-state index contributed by atoms with van der Waals surface area (Å²) >= 11 is 0. The molecule has 1 aromatic heterocycles. The van der Waals surface area contributed by atoms with Crippen molar-refractivity contribution in [2.45, 2.75) is 12.5 Å². The lowest BCUT2D eigenvalue weighted by Gasteiger charge is -2.08. The Morgan fingerprint density at radius 3 is 2.57 bits per heavy atom. The van der Waals surface area contributed by atoms with E-state index in [1.165, 1.54) is 0 Å². The minimum absolute atomic E-state index is 0.672. The number of nitrogens with one attached hydrogen (secondary N) is 1. The van der Waals surface area contributed by atoms with Crippen LogP contribution >= 0.6 is 0 Å². The van der Waals surface area contributed by atoms with Crippen molar-refractivity contribution >= 4 is 11.9 Å². The van der Waals surface area contributed by atoms with Crippen molar-refractivity contribution in [1.29, 1.82) is 0 Å². The lowest BCUT2D eigenvalue weighted by Crippen LogP contribution is -2.29. The molecule has 0 aromatic carbocycles. The second kappa shape index (κ2) is 3.73. The van der Waals surface area contributed by atoms with Crippen LogP contribution in [0.2, 0.25) is 0 Å². The first-order valence-corrected chi connectivity index (χ1v) is 3.58. The van der Waals surface area contributed by atoms with Crippen LogP contribution in [0.1, 0.15) is 12.5 Å². The Hall–Kier alpha value is -2.12. The van der Waals surface area contributed by atoms with Crippen LogP contribution in [0.4, 0.5) is 0 Å². The van der Waals surface area contributed by atoms with Crippen molar-refractivity contribution in [2.24, 2.45) is 0 Å². The molecule has 1 aromatic rings. The van der Waals surface area contributed by atoms with Gasteiger partial charge >= 0.3 is 17.6 Å². The van der Waals surface area contributed by atoms with Gasteiger partial charge in [0.1, 0.15) is 12.4 Å². The molecule has 0 fully saturated rings. The van der Waals surface area contributed by atoms with E-state index < -0.39 is 30.1 Å². The second-order valence-corrected chi connectivity index (χ2v) is 2.52. The molecule has 3 N–H and O–H groups in total. The highest BCUT2D eigenvalue weighted by molar-refractivity contribution is 5.79. The third kappa shape index (κ3) is 1.97. The first-order valence-electron chi connectivity index (χ1n) is 3.58. The molecular formula is C6H7N3O5. The fourth-order valence-electron chi connectivity index (χ4n) is 0.949. The summed E-state index contributed by atoms with van der Waals surface area (Å²) in [5.41, 5.74) is -0.751. The predicted molar refractivity (Wildman–Crippen MR) is 41.8 cm³/mol. The highest BCUT2D eigenvalue weighted by Crippen LogP contribution is 2.07. The summed E-state index contributed by atoms with van der Waals surface area (Å²) in [4.78, 5) is 31.9. The van der Waals surface area contributed by atoms with Crippen LogP contribution in [0.5, 0.6) is 0 Å². The molecule has 76 valence electrons. The molecule has 0 saturated heterocycles. The smallest absolute Gasteiger partial charge is 0.343 e. The van der Waals surface area contributed by atoms with Gasteiger partial charge in [-0.15, -0.1) is 0 Å². The number of nitrogens with zero attached hydrogens (tertiary/aromatic N) is 2. The standard InChI is InChI=1S/C6H7N3O5/c10-4(11)1-3(5(12)13)9-2-7-8-6(9)14/h2-3H,1H2,(H,8,14)(H,10,11)(H,12,13). The molecule has 0 radical (unpaired) electrons.